The first kappa shape index (κ1) is 24.5. The molecule has 3 saturated carbocycles. The Balaban J connectivity index is 1.61. The van der Waals surface area contributed by atoms with Crippen molar-refractivity contribution in [2.45, 2.75) is 88.8 Å². The summed E-state index contributed by atoms with van der Waals surface area (Å²) < 4.78 is 50.5. The first-order chi connectivity index (χ1) is 16.5. The molecule has 1 N–H and O–H groups in total. The number of esters is 1. The van der Waals surface area contributed by atoms with Gasteiger partial charge in [0.1, 0.15) is 18.3 Å². The standard InChI is InChI=1S/C26H31F2NO6/c1-4-5-21-34-20-12-15-16-11-18(27)17-10-14(30)6-7-23(17,2)25(16,28)19(31)13-24(15,3)26(20,35-21)22(32)33-9-8-29/h6-7,10,15-16,18-21,31H,4-5,9,11-13H2,1-3H3/t15?,16?,18-,19-,20+,21?,23-,24-,25-,26-/m0/s1. The van der Waals surface area contributed by atoms with Gasteiger partial charge in [-0.3, -0.25) is 4.79 Å². The van der Waals surface area contributed by atoms with Gasteiger partial charge in [0.15, 0.2) is 29.9 Å². The summed E-state index contributed by atoms with van der Waals surface area (Å²) >= 11 is 0. The molecule has 0 amide bonds. The van der Waals surface area contributed by atoms with Crippen LogP contribution < -0.4 is 0 Å². The molecule has 0 aromatic carbocycles. The summed E-state index contributed by atoms with van der Waals surface area (Å²) in [5.41, 5.74) is -6.50. The molecule has 4 aliphatic carbocycles. The molecule has 0 radical (unpaired) electrons. The van der Waals surface area contributed by atoms with Crippen LogP contribution in [-0.2, 0) is 23.8 Å². The lowest BCUT2D eigenvalue weighted by Gasteiger charge is -2.62. The molecule has 1 aliphatic heterocycles. The van der Waals surface area contributed by atoms with Crippen LogP contribution in [0.15, 0.2) is 23.8 Å². The molecule has 10 atom stereocenters. The van der Waals surface area contributed by atoms with Crippen molar-refractivity contribution in [3.05, 3.63) is 23.8 Å². The number of rotatable bonds is 4. The maximum Gasteiger partial charge on any atom is 0.342 e. The van der Waals surface area contributed by atoms with Gasteiger partial charge in [-0.2, -0.15) is 5.26 Å². The molecule has 3 unspecified atom stereocenters. The molecule has 9 heteroatoms. The van der Waals surface area contributed by atoms with E-state index in [4.69, 9.17) is 19.5 Å². The van der Waals surface area contributed by atoms with Crippen molar-refractivity contribution in [2.24, 2.45) is 22.7 Å². The number of hydrogen-bond donors (Lipinski definition) is 1. The topological polar surface area (TPSA) is 106 Å². The van der Waals surface area contributed by atoms with Crippen LogP contribution in [0.25, 0.3) is 0 Å². The van der Waals surface area contributed by atoms with E-state index in [0.717, 1.165) is 12.5 Å². The lowest BCUT2D eigenvalue weighted by Crippen LogP contribution is -2.70. The summed E-state index contributed by atoms with van der Waals surface area (Å²) in [5.74, 6) is -2.71. The van der Waals surface area contributed by atoms with E-state index in [9.17, 15) is 14.7 Å². The molecule has 5 aliphatic rings. The van der Waals surface area contributed by atoms with Crippen molar-refractivity contribution in [1.29, 1.82) is 5.26 Å². The number of carbonyl (C=O) groups is 2. The number of allylic oxidation sites excluding steroid dienone is 4. The van der Waals surface area contributed by atoms with Gasteiger partial charge in [0.25, 0.3) is 0 Å². The number of hydrogen-bond acceptors (Lipinski definition) is 7. The molecular weight excluding hydrogens is 460 g/mol. The van der Waals surface area contributed by atoms with Crippen LogP contribution in [0.5, 0.6) is 0 Å². The molecule has 1 heterocycles. The summed E-state index contributed by atoms with van der Waals surface area (Å²) in [7, 11) is 0. The van der Waals surface area contributed by atoms with Crippen LogP contribution in [0, 0.1) is 34.0 Å². The second-order valence-corrected chi connectivity index (χ2v) is 11.0. The Morgan fingerprint density at radius 3 is 2.77 bits per heavy atom. The average molecular weight is 492 g/mol. The van der Waals surface area contributed by atoms with Gasteiger partial charge in [0, 0.05) is 16.7 Å². The normalized spacial score (nSPS) is 49.9. The molecular formula is C26H31F2NO6. The van der Waals surface area contributed by atoms with Crippen LogP contribution in [0.2, 0.25) is 0 Å². The Morgan fingerprint density at radius 1 is 1.34 bits per heavy atom. The number of alkyl halides is 2. The summed E-state index contributed by atoms with van der Waals surface area (Å²) in [6, 6.07) is 1.79. The molecule has 0 spiro atoms. The third-order valence-electron chi connectivity index (χ3n) is 9.52. The minimum atomic E-state index is -2.26. The number of halogens is 2. The van der Waals surface area contributed by atoms with Crippen molar-refractivity contribution in [1.82, 2.24) is 0 Å². The van der Waals surface area contributed by atoms with Crippen LogP contribution in [-0.4, -0.2) is 59.4 Å². The third-order valence-corrected chi connectivity index (χ3v) is 9.52. The zero-order chi connectivity index (χ0) is 25.4. The van der Waals surface area contributed by atoms with E-state index in [1.165, 1.54) is 19.1 Å². The first-order valence-electron chi connectivity index (χ1n) is 12.3. The molecule has 4 fully saturated rings. The van der Waals surface area contributed by atoms with Crippen molar-refractivity contribution in [2.75, 3.05) is 6.61 Å². The highest BCUT2D eigenvalue weighted by Gasteiger charge is 2.80. The largest absolute Gasteiger partial charge is 0.448 e. The zero-order valence-corrected chi connectivity index (χ0v) is 20.1. The van der Waals surface area contributed by atoms with Gasteiger partial charge >= 0.3 is 5.97 Å². The molecule has 0 bridgehead atoms. The van der Waals surface area contributed by atoms with Crippen molar-refractivity contribution in [3.8, 4) is 6.07 Å². The van der Waals surface area contributed by atoms with Gasteiger partial charge in [-0.05, 0) is 56.3 Å². The van der Waals surface area contributed by atoms with Gasteiger partial charge in [-0.1, -0.05) is 26.3 Å². The molecule has 1 saturated heterocycles. The average Bonchev–Trinajstić information content (AvgIpc) is 3.28. The predicted octanol–water partition coefficient (Wildman–Crippen LogP) is 3.26. The summed E-state index contributed by atoms with van der Waals surface area (Å²) in [4.78, 5) is 25.5. The van der Waals surface area contributed by atoms with E-state index in [2.05, 4.69) is 0 Å². The first-order valence-corrected chi connectivity index (χ1v) is 12.3. The zero-order valence-electron chi connectivity index (χ0n) is 20.1. The SMILES string of the molecule is CCCC1O[C@@H]2CC3C4C[C@H](F)C5=CC(=O)C=C[C@]5(C)[C@@]4(F)[C@@H](O)C[C@]3(C)[C@]2(C(=O)OCC#N)O1. The van der Waals surface area contributed by atoms with Gasteiger partial charge < -0.3 is 19.3 Å². The Morgan fingerprint density at radius 2 is 2.09 bits per heavy atom. The number of nitriles is 1. The number of ketones is 1. The minimum Gasteiger partial charge on any atom is -0.448 e. The number of aliphatic hydroxyl groups is 1. The fourth-order valence-corrected chi connectivity index (χ4v) is 7.94. The minimum absolute atomic E-state index is 0.0447. The van der Waals surface area contributed by atoms with E-state index in [-0.39, 0.29) is 24.8 Å². The van der Waals surface area contributed by atoms with E-state index < -0.39 is 77.0 Å². The Kier molecular flexibility index (Phi) is 5.56. The highest BCUT2D eigenvalue weighted by molar-refractivity contribution is 6.01. The second kappa shape index (κ2) is 7.92. The van der Waals surface area contributed by atoms with Crippen molar-refractivity contribution in [3.63, 3.8) is 0 Å². The van der Waals surface area contributed by atoms with Gasteiger partial charge in [0.2, 0.25) is 0 Å². The maximum absolute atomic E-state index is 17.3. The number of ether oxygens (including phenoxy) is 3. The highest BCUT2D eigenvalue weighted by atomic mass is 19.1. The van der Waals surface area contributed by atoms with E-state index in [1.807, 2.05) is 6.92 Å². The molecule has 190 valence electrons. The van der Waals surface area contributed by atoms with Crippen molar-refractivity contribution >= 4 is 11.8 Å². The Hall–Kier alpha value is -2.15. The molecule has 5 rings (SSSR count). The number of aliphatic hydroxyl groups excluding tert-OH is 1. The number of carbonyl (C=O) groups excluding carboxylic acids is 2. The quantitative estimate of drug-likeness (QED) is 0.602. The fraction of sp³-hybridized carbons (Fsp3) is 0.731. The maximum atomic E-state index is 17.3. The smallest absolute Gasteiger partial charge is 0.342 e. The molecule has 35 heavy (non-hydrogen) atoms. The van der Waals surface area contributed by atoms with E-state index in [0.29, 0.717) is 6.42 Å². The molecule has 0 aromatic heterocycles. The molecule has 0 aromatic rings. The Labute approximate surface area is 203 Å². The summed E-state index contributed by atoms with van der Waals surface area (Å²) in [5, 5.41) is 20.4. The molecule has 7 nitrogen and oxygen atoms in total. The lowest BCUT2D eigenvalue weighted by molar-refractivity contribution is -0.241. The van der Waals surface area contributed by atoms with Crippen LogP contribution >= 0.6 is 0 Å². The predicted molar refractivity (Wildman–Crippen MR) is 118 cm³/mol. The van der Waals surface area contributed by atoms with Crippen LogP contribution in [0.1, 0.15) is 52.9 Å². The van der Waals surface area contributed by atoms with Crippen LogP contribution in [0.4, 0.5) is 8.78 Å². The van der Waals surface area contributed by atoms with E-state index in [1.54, 1.807) is 13.0 Å². The lowest BCUT2D eigenvalue weighted by atomic mass is 9.44. The monoisotopic (exact) mass is 491 g/mol. The highest BCUT2D eigenvalue weighted by Crippen LogP contribution is 2.72. The third kappa shape index (κ3) is 2.90. The Bertz CT molecular complexity index is 1050. The second-order valence-electron chi connectivity index (χ2n) is 11.0. The number of nitrogens with zero attached hydrogens (tertiary/aromatic N) is 1. The van der Waals surface area contributed by atoms with Gasteiger partial charge in [-0.25, -0.2) is 13.6 Å². The van der Waals surface area contributed by atoms with Gasteiger partial charge in [0.05, 0.1) is 6.10 Å². The summed E-state index contributed by atoms with van der Waals surface area (Å²) in [6.07, 6.45) is 0.279. The number of fused-ring (bicyclic) bond motifs is 7. The fourth-order valence-electron chi connectivity index (χ4n) is 7.94. The van der Waals surface area contributed by atoms with Crippen molar-refractivity contribution < 1.29 is 37.7 Å². The van der Waals surface area contributed by atoms with E-state index >= 15 is 8.78 Å². The van der Waals surface area contributed by atoms with Crippen LogP contribution in [0.3, 0.4) is 0 Å². The summed E-state index contributed by atoms with van der Waals surface area (Å²) in [6.45, 7) is 4.76. The van der Waals surface area contributed by atoms with Gasteiger partial charge in [-0.15, -0.1) is 0 Å².